The number of aliphatic hydroxyl groups is 3. The van der Waals surface area contributed by atoms with Crippen LogP contribution < -0.4 is 0 Å². The number of hydrogen-bond acceptors (Lipinski definition) is 4. The fourth-order valence-electron chi connectivity index (χ4n) is 3.87. The zero-order chi connectivity index (χ0) is 15.6. The summed E-state index contributed by atoms with van der Waals surface area (Å²) in [7, 11) is 0. The van der Waals surface area contributed by atoms with E-state index in [9.17, 15) is 19.7 Å². The third-order valence-electron chi connectivity index (χ3n) is 5.42. The van der Waals surface area contributed by atoms with Crippen molar-refractivity contribution >= 4 is 0 Å². The average molecular weight is 303 g/mol. The van der Waals surface area contributed by atoms with Gasteiger partial charge in [0.15, 0.2) is 0 Å². The van der Waals surface area contributed by atoms with Gasteiger partial charge in [0.1, 0.15) is 5.67 Å². The second kappa shape index (κ2) is 6.90. The lowest BCUT2D eigenvalue weighted by atomic mass is 9.75. The molecule has 0 spiro atoms. The van der Waals surface area contributed by atoms with Gasteiger partial charge in [0.2, 0.25) is 0 Å². The minimum Gasteiger partial charge on any atom is -0.395 e. The van der Waals surface area contributed by atoms with E-state index in [0.29, 0.717) is 18.9 Å². The van der Waals surface area contributed by atoms with Crippen molar-refractivity contribution in [1.82, 2.24) is 4.90 Å². The zero-order valence-electron chi connectivity index (χ0n) is 13.2. The molecule has 0 aromatic heterocycles. The molecule has 0 bridgehead atoms. The lowest BCUT2D eigenvalue weighted by molar-refractivity contribution is -0.0767. The van der Waals surface area contributed by atoms with E-state index in [-0.39, 0.29) is 18.6 Å². The molecule has 0 unspecified atom stereocenters. The first-order valence-corrected chi connectivity index (χ1v) is 8.21. The molecule has 0 radical (unpaired) electrons. The largest absolute Gasteiger partial charge is 0.395 e. The highest BCUT2D eigenvalue weighted by Gasteiger charge is 2.37. The second-order valence-electron chi connectivity index (χ2n) is 7.44. The van der Waals surface area contributed by atoms with Crippen LogP contribution in [0.2, 0.25) is 0 Å². The number of β-amino-alcohol motifs (C(OH)–C–C–N with tert-alkyl or cyclic N) is 1. The van der Waals surface area contributed by atoms with Crippen LogP contribution in [0, 0.1) is 11.8 Å². The molecule has 3 atom stereocenters. The summed E-state index contributed by atoms with van der Waals surface area (Å²) in [4.78, 5) is 2.10. The zero-order valence-corrected chi connectivity index (χ0v) is 13.2. The summed E-state index contributed by atoms with van der Waals surface area (Å²) in [5.74, 6) is 0.649. The summed E-state index contributed by atoms with van der Waals surface area (Å²) in [6.07, 6.45) is 2.80. The van der Waals surface area contributed by atoms with Crippen LogP contribution in [-0.2, 0) is 0 Å². The van der Waals surface area contributed by atoms with Gasteiger partial charge in [-0.1, -0.05) is 0 Å². The SMILES string of the molecule is CC(C)(F)[C@H]1CC[C@H](CN2C[C@H](O)[C@@H](O)C[C@@H]2CO)CC1. The monoisotopic (exact) mass is 303 g/mol. The Morgan fingerprint density at radius 3 is 2.24 bits per heavy atom. The smallest absolute Gasteiger partial charge is 0.108 e. The van der Waals surface area contributed by atoms with Crippen molar-refractivity contribution in [2.75, 3.05) is 19.7 Å². The van der Waals surface area contributed by atoms with Crippen LogP contribution in [0.3, 0.4) is 0 Å². The molecule has 0 aromatic carbocycles. The van der Waals surface area contributed by atoms with Gasteiger partial charge in [0, 0.05) is 19.1 Å². The number of rotatable bonds is 4. The molecule has 1 aliphatic heterocycles. The van der Waals surface area contributed by atoms with Gasteiger partial charge < -0.3 is 15.3 Å². The number of nitrogens with zero attached hydrogens (tertiary/aromatic N) is 1. The molecular formula is C16H30FNO3. The van der Waals surface area contributed by atoms with Crippen molar-refractivity contribution in [3.05, 3.63) is 0 Å². The number of aliphatic hydroxyl groups excluding tert-OH is 3. The minimum absolute atomic E-state index is 0.0106. The highest BCUT2D eigenvalue weighted by molar-refractivity contribution is 4.90. The van der Waals surface area contributed by atoms with Crippen molar-refractivity contribution in [2.45, 2.75) is 69.9 Å². The molecule has 4 nitrogen and oxygen atoms in total. The predicted octanol–water partition coefficient (Wildman–Crippen LogP) is 1.33. The van der Waals surface area contributed by atoms with Gasteiger partial charge in [-0.05, 0) is 57.8 Å². The third kappa shape index (κ3) is 4.38. The maximum absolute atomic E-state index is 14.0. The Bertz CT molecular complexity index is 326. The highest BCUT2D eigenvalue weighted by Crippen LogP contribution is 2.38. The molecule has 1 saturated carbocycles. The van der Waals surface area contributed by atoms with Gasteiger partial charge >= 0.3 is 0 Å². The van der Waals surface area contributed by atoms with E-state index in [4.69, 9.17) is 0 Å². The molecule has 21 heavy (non-hydrogen) atoms. The van der Waals surface area contributed by atoms with Crippen LogP contribution >= 0.6 is 0 Å². The second-order valence-corrected chi connectivity index (χ2v) is 7.44. The molecule has 0 aromatic rings. The highest BCUT2D eigenvalue weighted by atomic mass is 19.1. The Morgan fingerprint density at radius 2 is 1.71 bits per heavy atom. The van der Waals surface area contributed by atoms with Crippen molar-refractivity contribution in [1.29, 1.82) is 0 Å². The number of alkyl halides is 1. The molecule has 2 fully saturated rings. The number of halogens is 1. The van der Waals surface area contributed by atoms with Crippen molar-refractivity contribution in [3.8, 4) is 0 Å². The molecule has 2 rings (SSSR count). The van der Waals surface area contributed by atoms with E-state index in [0.717, 1.165) is 32.2 Å². The van der Waals surface area contributed by atoms with Crippen molar-refractivity contribution in [3.63, 3.8) is 0 Å². The molecule has 5 heteroatoms. The summed E-state index contributed by atoms with van der Waals surface area (Å²) >= 11 is 0. The molecule has 124 valence electrons. The van der Waals surface area contributed by atoms with Crippen LogP contribution in [0.1, 0.15) is 46.0 Å². The Hall–Kier alpha value is -0.230. The first-order chi connectivity index (χ1) is 9.81. The van der Waals surface area contributed by atoms with E-state index in [1.807, 2.05) is 0 Å². The average Bonchev–Trinajstić information content (AvgIpc) is 2.42. The van der Waals surface area contributed by atoms with Gasteiger partial charge in [-0.2, -0.15) is 0 Å². The van der Waals surface area contributed by atoms with Gasteiger partial charge in [-0.25, -0.2) is 4.39 Å². The standard InChI is InChI=1S/C16H30FNO3/c1-16(2,17)12-5-3-11(4-6-12)8-18-9-15(21)14(20)7-13(18)10-19/h11-15,19-21H,3-10H2,1-2H3/t11-,12-,13-,14+,15+/m1/s1. The van der Waals surface area contributed by atoms with Crippen LogP contribution in [0.15, 0.2) is 0 Å². The number of hydrogen-bond donors (Lipinski definition) is 3. The summed E-state index contributed by atoms with van der Waals surface area (Å²) in [6, 6.07) is -0.0706. The van der Waals surface area contributed by atoms with E-state index >= 15 is 0 Å². The van der Waals surface area contributed by atoms with E-state index in [1.54, 1.807) is 13.8 Å². The number of likely N-dealkylation sites (tertiary alicyclic amines) is 1. The van der Waals surface area contributed by atoms with E-state index < -0.39 is 17.9 Å². The topological polar surface area (TPSA) is 63.9 Å². The van der Waals surface area contributed by atoms with Crippen LogP contribution in [0.25, 0.3) is 0 Å². The Kier molecular flexibility index (Phi) is 5.63. The third-order valence-corrected chi connectivity index (χ3v) is 5.42. The minimum atomic E-state index is -1.09. The van der Waals surface area contributed by atoms with Gasteiger partial charge in [-0.15, -0.1) is 0 Å². The Balaban J connectivity index is 1.84. The van der Waals surface area contributed by atoms with Gasteiger partial charge in [0.25, 0.3) is 0 Å². The van der Waals surface area contributed by atoms with Crippen LogP contribution in [0.5, 0.6) is 0 Å². The maximum Gasteiger partial charge on any atom is 0.108 e. The summed E-state index contributed by atoms with van der Waals surface area (Å²) < 4.78 is 14.0. The predicted molar refractivity (Wildman–Crippen MR) is 79.7 cm³/mol. The van der Waals surface area contributed by atoms with Gasteiger partial charge in [0.05, 0.1) is 18.8 Å². The lowest BCUT2D eigenvalue weighted by Crippen LogP contribution is -2.55. The fraction of sp³-hybridized carbons (Fsp3) is 1.00. The molecule has 1 saturated heterocycles. The number of piperidine rings is 1. The summed E-state index contributed by atoms with van der Waals surface area (Å²) in [5.41, 5.74) is -1.09. The van der Waals surface area contributed by atoms with Crippen LogP contribution in [-0.4, -0.2) is 63.8 Å². The van der Waals surface area contributed by atoms with Crippen LogP contribution in [0.4, 0.5) is 4.39 Å². The molecular weight excluding hydrogens is 273 g/mol. The van der Waals surface area contributed by atoms with Crippen molar-refractivity contribution in [2.24, 2.45) is 11.8 Å². The summed E-state index contributed by atoms with van der Waals surface area (Å²) in [5, 5.41) is 29.0. The normalized spacial score (nSPS) is 39.4. The Morgan fingerprint density at radius 1 is 1.10 bits per heavy atom. The van der Waals surface area contributed by atoms with E-state index in [2.05, 4.69) is 4.90 Å². The Labute approximate surface area is 127 Å². The summed E-state index contributed by atoms with van der Waals surface area (Å²) in [6.45, 7) is 4.59. The van der Waals surface area contributed by atoms with E-state index in [1.165, 1.54) is 0 Å². The lowest BCUT2D eigenvalue weighted by Gasteiger charge is -2.43. The van der Waals surface area contributed by atoms with Gasteiger partial charge in [-0.3, -0.25) is 4.90 Å². The van der Waals surface area contributed by atoms with Crippen molar-refractivity contribution < 1.29 is 19.7 Å². The fourth-order valence-corrected chi connectivity index (χ4v) is 3.87. The quantitative estimate of drug-likeness (QED) is 0.733. The molecule has 3 N–H and O–H groups in total. The maximum atomic E-state index is 14.0. The molecule has 0 amide bonds. The molecule has 2 aliphatic rings. The first kappa shape index (κ1) is 17.1. The molecule has 1 aliphatic carbocycles. The molecule has 1 heterocycles. The first-order valence-electron chi connectivity index (χ1n) is 8.21.